The van der Waals surface area contributed by atoms with E-state index in [-0.39, 0.29) is 16.9 Å². The maximum Gasteiger partial charge on any atom is 0.228 e. The van der Waals surface area contributed by atoms with Crippen LogP contribution in [0.4, 0.5) is 5.69 Å². The molecule has 0 radical (unpaired) electrons. The number of phenols is 1. The molecule has 1 amide bonds. The minimum Gasteiger partial charge on any atom is -0.506 e. The molecular weight excluding hydrogens is 278 g/mol. The molecule has 1 aromatic carbocycles. The first-order chi connectivity index (χ1) is 7.08. The van der Waals surface area contributed by atoms with E-state index in [1.54, 1.807) is 23.1 Å². The van der Waals surface area contributed by atoms with Gasteiger partial charge in [0.25, 0.3) is 0 Å². The van der Waals surface area contributed by atoms with Gasteiger partial charge in [-0.3, -0.25) is 4.79 Å². The standard InChI is InChI=1S/C10H10BrNO2S/c11-6-1-2-9(13)8(3-6)12-5-7(15)4-10(12)14/h1-3,7,13,15H,4-5H2. The zero-order chi connectivity index (χ0) is 11.0. The van der Waals surface area contributed by atoms with E-state index >= 15 is 0 Å². The Bertz CT molecular complexity index is 410. The molecule has 1 N–H and O–H groups in total. The quantitative estimate of drug-likeness (QED) is 0.778. The number of phenolic OH excluding ortho intramolecular Hbond substituents is 1. The van der Waals surface area contributed by atoms with Gasteiger partial charge >= 0.3 is 0 Å². The largest absolute Gasteiger partial charge is 0.506 e. The minimum absolute atomic E-state index is 0.00315. The number of carbonyl (C=O) groups is 1. The molecule has 2 rings (SSSR count). The van der Waals surface area contributed by atoms with Gasteiger partial charge in [-0.15, -0.1) is 0 Å². The van der Waals surface area contributed by atoms with E-state index in [4.69, 9.17) is 0 Å². The van der Waals surface area contributed by atoms with Crippen molar-refractivity contribution in [2.45, 2.75) is 11.7 Å². The van der Waals surface area contributed by atoms with Crippen molar-refractivity contribution in [1.82, 2.24) is 0 Å². The maximum atomic E-state index is 11.6. The summed E-state index contributed by atoms with van der Waals surface area (Å²) < 4.78 is 0.839. The number of rotatable bonds is 1. The number of anilines is 1. The Morgan fingerprint density at radius 2 is 2.27 bits per heavy atom. The summed E-state index contributed by atoms with van der Waals surface area (Å²) in [5.41, 5.74) is 0.547. The van der Waals surface area contributed by atoms with Gasteiger partial charge in [0.05, 0.1) is 5.69 Å². The molecule has 1 fully saturated rings. The number of hydrogen-bond acceptors (Lipinski definition) is 3. The zero-order valence-electron chi connectivity index (χ0n) is 7.85. The van der Waals surface area contributed by atoms with Crippen LogP contribution in [0.15, 0.2) is 22.7 Å². The fraction of sp³-hybridized carbons (Fsp3) is 0.300. The van der Waals surface area contributed by atoms with Gasteiger partial charge in [0.1, 0.15) is 5.75 Å². The molecule has 0 spiro atoms. The SMILES string of the molecule is O=C1CC(S)CN1c1cc(Br)ccc1O. The molecule has 15 heavy (non-hydrogen) atoms. The predicted octanol–water partition coefficient (Wildman–Crippen LogP) is 2.19. The Balaban J connectivity index is 2.37. The summed E-state index contributed by atoms with van der Waals surface area (Å²) >= 11 is 7.58. The molecule has 0 bridgehead atoms. The van der Waals surface area contributed by atoms with E-state index in [0.717, 1.165) is 4.47 Å². The average Bonchev–Trinajstić information content (AvgIpc) is 2.50. The van der Waals surface area contributed by atoms with Gasteiger partial charge in [0.15, 0.2) is 0 Å². The van der Waals surface area contributed by atoms with Crippen LogP contribution in [0.5, 0.6) is 5.75 Å². The minimum atomic E-state index is 0.00315. The number of thiol groups is 1. The maximum absolute atomic E-state index is 11.6. The summed E-state index contributed by atoms with van der Waals surface area (Å²) in [5, 5.41) is 9.71. The average molecular weight is 288 g/mol. The van der Waals surface area contributed by atoms with Crippen LogP contribution in [0, 0.1) is 0 Å². The fourth-order valence-corrected chi connectivity index (χ4v) is 2.30. The molecule has 5 heteroatoms. The first kappa shape index (κ1) is 10.8. The molecule has 0 saturated carbocycles. The summed E-state index contributed by atoms with van der Waals surface area (Å²) in [5.74, 6) is 0.123. The van der Waals surface area contributed by atoms with Gasteiger partial charge in [0.2, 0.25) is 5.91 Å². The fourth-order valence-electron chi connectivity index (χ4n) is 1.63. The van der Waals surface area contributed by atoms with Gasteiger partial charge in [-0.1, -0.05) is 15.9 Å². The second-order valence-corrected chi connectivity index (χ2v) is 5.14. The first-order valence-electron chi connectivity index (χ1n) is 4.55. The van der Waals surface area contributed by atoms with Crippen molar-refractivity contribution < 1.29 is 9.90 Å². The third-order valence-electron chi connectivity index (χ3n) is 2.33. The molecular formula is C10H10BrNO2S. The van der Waals surface area contributed by atoms with Crippen LogP contribution in [-0.4, -0.2) is 22.8 Å². The third-order valence-corrected chi connectivity index (χ3v) is 3.17. The second kappa shape index (κ2) is 4.06. The summed E-state index contributed by atoms with van der Waals surface area (Å²) in [7, 11) is 0. The first-order valence-corrected chi connectivity index (χ1v) is 5.86. The van der Waals surface area contributed by atoms with Gasteiger partial charge < -0.3 is 10.0 Å². The van der Waals surface area contributed by atoms with Crippen LogP contribution in [-0.2, 0) is 4.79 Å². The van der Waals surface area contributed by atoms with Crippen molar-refractivity contribution in [2.24, 2.45) is 0 Å². The lowest BCUT2D eigenvalue weighted by Gasteiger charge is -2.17. The molecule has 1 unspecified atom stereocenters. The summed E-state index contributed by atoms with van der Waals surface area (Å²) in [6.45, 7) is 0.548. The molecule has 1 heterocycles. The third kappa shape index (κ3) is 2.13. The number of halogens is 1. The number of carbonyl (C=O) groups excluding carboxylic acids is 1. The molecule has 1 atom stereocenters. The number of benzene rings is 1. The van der Waals surface area contributed by atoms with Crippen LogP contribution >= 0.6 is 28.6 Å². The van der Waals surface area contributed by atoms with Crippen molar-refractivity contribution >= 4 is 40.2 Å². The van der Waals surface area contributed by atoms with Crippen molar-refractivity contribution in [3.8, 4) is 5.75 Å². The van der Waals surface area contributed by atoms with Crippen LogP contribution in [0.1, 0.15) is 6.42 Å². The highest BCUT2D eigenvalue weighted by atomic mass is 79.9. The number of hydrogen-bond donors (Lipinski definition) is 2. The van der Waals surface area contributed by atoms with E-state index in [9.17, 15) is 9.90 Å². The lowest BCUT2D eigenvalue weighted by molar-refractivity contribution is -0.117. The van der Waals surface area contributed by atoms with Crippen LogP contribution in [0.25, 0.3) is 0 Å². The molecule has 1 aliphatic rings. The lowest BCUT2D eigenvalue weighted by Crippen LogP contribution is -2.24. The Hall–Kier alpha value is -0.680. The van der Waals surface area contributed by atoms with Gasteiger partial charge in [-0.25, -0.2) is 0 Å². The zero-order valence-corrected chi connectivity index (χ0v) is 10.3. The van der Waals surface area contributed by atoms with Crippen LogP contribution in [0.3, 0.4) is 0 Å². The topological polar surface area (TPSA) is 40.5 Å². The highest BCUT2D eigenvalue weighted by molar-refractivity contribution is 9.10. The predicted molar refractivity (Wildman–Crippen MR) is 65.6 cm³/mol. The van der Waals surface area contributed by atoms with Crippen molar-refractivity contribution in [3.05, 3.63) is 22.7 Å². The normalized spacial score (nSPS) is 21.1. The van der Waals surface area contributed by atoms with Crippen LogP contribution < -0.4 is 4.90 Å². The monoisotopic (exact) mass is 287 g/mol. The Labute approximate surface area is 102 Å². The Kier molecular flexibility index (Phi) is 2.93. The highest BCUT2D eigenvalue weighted by Crippen LogP contribution is 2.33. The number of nitrogens with zero attached hydrogens (tertiary/aromatic N) is 1. The summed E-state index contributed by atoms with van der Waals surface area (Å²) in [6.07, 6.45) is 0.426. The second-order valence-electron chi connectivity index (χ2n) is 3.50. The van der Waals surface area contributed by atoms with Crippen molar-refractivity contribution in [1.29, 1.82) is 0 Å². The van der Waals surface area contributed by atoms with E-state index in [1.165, 1.54) is 0 Å². The molecule has 80 valence electrons. The van der Waals surface area contributed by atoms with Crippen molar-refractivity contribution in [2.75, 3.05) is 11.4 Å². The summed E-state index contributed by atoms with van der Waals surface area (Å²) in [6, 6.07) is 5.04. The Morgan fingerprint density at radius 3 is 2.87 bits per heavy atom. The molecule has 0 aliphatic carbocycles. The molecule has 1 saturated heterocycles. The summed E-state index contributed by atoms with van der Waals surface area (Å²) in [4.78, 5) is 13.2. The smallest absolute Gasteiger partial charge is 0.228 e. The van der Waals surface area contributed by atoms with E-state index < -0.39 is 0 Å². The molecule has 1 aromatic rings. The lowest BCUT2D eigenvalue weighted by atomic mass is 10.2. The van der Waals surface area contributed by atoms with Gasteiger partial charge in [-0.05, 0) is 18.2 Å². The van der Waals surface area contributed by atoms with Gasteiger partial charge in [0, 0.05) is 22.7 Å². The highest BCUT2D eigenvalue weighted by Gasteiger charge is 2.29. The number of amides is 1. The van der Waals surface area contributed by atoms with E-state index in [2.05, 4.69) is 28.6 Å². The molecule has 3 nitrogen and oxygen atoms in total. The molecule has 0 aromatic heterocycles. The van der Waals surface area contributed by atoms with Gasteiger partial charge in [-0.2, -0.15) is 12.6 Å². The van der Waals surface area contributed by atoms with Crippen molar-refractivity contribution in [3.63, 3.8) is 0 Å². The molecule has 1 aliphatic heterocycles. The van der Waals surface area contributed by atoms with Crippen LogP contribution in [0.2, 0.25) is 0 Å². The Morgan fingerprint density at radius 1 is 1.53 bits per heavy atom. The number of aromatic hydroxyl groups is 1. The van der Waals surface area contributed by atoms with E-state index in [0.29, 0.717) is 18.7 Å². The van der Waals surface area contributed by atoms with E-state index in [1.807, 2.05) is 0 Å².